The highest BCUT2D eigenvalue weighted by molar-refractivity contribution is 7.81. The average Bonchev–Trinajstić information content (AvgIpc) is 2.73. The topological polar surface area (TPSA) is 272 Å². The summed E-state index contributed by atoms with van der Waals surface area (Å²) >= 11 is 0. The Morgan fingerprint density at radius 1 is 0.882 bits per heavy atom. The first-order valence-electron chi connectivity index (χ1n) is 9.38. The molecule has 0 spiro atoms. The lowest BCUT2D eigenvalue weighted by Crippen LogP contribution is -2.64. The summed E-state index contributed by atoms with van der Waals surface area (Å²) in [4.78, 5) is 4.22. The van der Waals surface area contributed by atoms with Crippen LogP contribution in [0.4, 0.5) is 0 Å². The van der Waals surface area contributed by atoms with Gasteiger partial charge in [0, 0.05) is 13.0 Å². The van der Waals surface area contributed by atoms with Gasteiger partial charge in [-0.3, -0.25) is 13.4 Å². The van der Waals surface area contributed by atoms with Crippen molar-refractivity contribution in [2.45, 2.75) is 62.2 Å². The van der Waals surface area contributed by atoms with Crippen LogP contribution in [0.5, 0.6) is 0 Å². The zero-order valence-corrected chi connectivity index (χ0v) is 19.1. The molecule has 0 aromatic rings. The standard InChI is InChI=1S/C14H26O18S2/c1-5-8(16)13(27-6(3-15)10(5)30-33(19,20)21)29-11-7(4-26-32-18)28-14(25-2)12(9(11)17)31-34(22,23)24/h5-18H,3-4H2,1-2H3,(H,19,20,21)(H,22,23,24)/p-3/t5-,6?,7?,8?,9+,10-,11+,12?,13+,14-/m1/s1. The van der Waals surface area contributed by atoms with E-state index in [4.69, 9.17) is 18.9 Å². The number of aliphatic hydroxyl groups is 3. The Balaban J connectivity index is 2.30. The van der Waals surface area contributed by atoms with Gasteiger partial charge in [0.2, 0.25) is 20.8 Å². The maximum absolute atomic E-state index is 11.1. The van der Waals surface area contributed by atoms with Crippen molar-refractivity contribution >= 4 is 20.8 Å². The highest BCUT2D eigenvalue weighted by Gasteiger charge is 2.52. The molecule has 2 aliphatic rings. The summed E-state index contributed by atoms with van der Waals surface area (Å²) in [5, 5.41) is 44.2. The highest BCUT2D eigenvalue weighted by Crippen LogP contribution is 2.34. The highest BCUT2D eigenvalue weighted by atomic mass is 32.3. The van der Waals surface area contributed by atoms with Crippen LogP contribution in [0.2, 0.25) is 0 Å². The van der Waals surface area contributed by atoms with Crippen LogP contribution in [0.1, 0.15) is 6.92 Å². The van der Waals surface area contributed by atoms with Crippen molar-refractivity contribution in [3.63, 3.8) is 0 Å². The van der Waals surface area contributed by atoms with Crippen molar-refractivity contribution in [3.8, 4) is 0 Å². The number of rotatable bonds is 11. The number of methoxy groups -OCH3 is 1. The van der Waals surface area contributed by atoms with Crippen molar-refractivity contribution in [2.24, 2.45) is 5.92 Å². The average molecular weight is 543 g/mol. The third-order valence-corrected chi connectivity index (χ3v) is 5.99. The van der Waals surface area contributed by atoms with Gasteiger partial charge < -0.3 is 48.6 Å². The molecular formula is C14H23O18S2-3. The summed E-state index contributed by atoms with van der Waals surface area (Å²) in [6.07, 6.45) is -15.6. The fraction of sp³-hybridized carbons (Fsp3) is 1.00. The third-order valence-electron chi connectivity index (χ3n) is 5.07. The van der Waals surface area contributed by atoms with Gasteiger partial charge in [-0.2, -0.15) is 0 Å². The SMILES string of the molecule is CO[C@@H]1OC(COO[O-])[C@H](O[C@@H]2OC(CO)[C@H](OS(=O)(=O)[O-])[C@H](C)C2O)[C@H](O)C1OS(=O)(=O)[O-]. The van der Waals surface area contributed by atoms with Gasteiger partial charge in [0.05, 0.1) is 6.61 Å². The maximum Gasteiger partial charge on any atom is 0.218 e. The molecule has 2 heterocycles. The van der Waals surface area contributed by atoms with Gasteiger partial charge in [-0.05, 0) is 0 Å². The lowest BCUT2D eigenvalue weighted by Gasteiger charge is -2.47. The van der Waals surface area contributed by atoms with Crippen LogP contribution in [0, 0.1) is 5.92 Å². The second-order valence-corrected chi connectivity index (χ2v) is 9.25. The third kappa shape index (κ3) is 7.67. The van der Waals surface area contributed by atoms with Gasteiger partial charge >= 0.3 is 0 Å². The molecule has 3 N–H and O–H groups in total. The molecule has 20 heteroatoms. The predicted molar refractivity (Wildman–Crippen MR) is 93.6 cm³/mol. The van der Waals surface area contributed by atoms with E-state index in [-0.39, 0.29) is 0 Å². The first-order chi connectivity index (χ1) is 15.7. The molecule has 0 bridgehead atoms. The zero-order chi connectivity index (χ0) is 25.8. The molecule has 0 amide bonds. The van der Waals surface area contributed by atoms with E-state index in [0.717, 1.165) is 7.11 Å². The predicted octanol–water partition coefficient (Wildman–Crippen LogP) is -5.27. The number of hydrogen-bond donors (Lipinski definition) is 3. The Bertz CT molecular complexity index is 847. The van der Waals surface area contributed by atoms with Crippen LogP contribution >= 0.6 is 0 Å². The molecule has 2 saturated heterocycles. The fourth-order valence-electron chi connectivity index (χ4n) is 3.53. The van der Waals surface area contributed by atoms with Crippen molar-refractivity contribution in [2.75, 3.05) is 20.3 Å². The summed E-state index contributed by atoms with van der Waals surface area (Å²) in [6.45, 7) is -0.411. The minimum atomic E-state index is -5.40. The fourth-order valence-corrected chi connectivity index (χ4v) is 4.58. The Hall–Kier alpha value is -0.660. The van der Waals surface area contributed by atoms with Crippen LogP contribution in [0.3, 0.4) is 0 Å². The summed E-state index contributed by atoms with van der Waals surface area (Å²) in [5.41, 5.74) is 0. The molecule has 34 heavy (non-hydrogen) atoms. The Labute approximate surface area is 193 Å². The molecular weight excluding hydrogens is 520 g/mol. The lowest BCUT2D eigenvalue weighted by molar-refractivity contribution is -0.801. The molecule has 0 aromatic heterocycles. The van der Waals surface area contributed by atoms with Crippen LogP contribution < -0.4 is 5.26 Å². The molecule has 10 atom stereocenters. The molecule has 18 nitrogen and oxygen atoms in total. The van der Waals surface area contributed by atoms with Gasteiger partial charge in [0.25, 0.3) is 0 Å². The van der Waals surface area contributed by atoms with E-state index in [1.54, 1.807) is 0 Å². The van der Waals surface area contributed by atoms with Gasteiger partial charge in [-0.25, -0.2) is 21.7 Å². The van der Waals surface area contributed by atoms with Crippen LogP contribution in [-0.4, -0.2) is 117 Å². The number of aliphatic hydroxyl groups excluding tert-OH is 3. The quantitative estimate of drug-likeness (QED) is 0.0949. The van der Waals surface area contributed by atoms with E-state index in [1.165, 1.54) is 6.92 Å². The van der Waals surface area contributed by atoms with Crippen LogP contribution in [0.25, 0.3) is 0 Å². The van der Waals surface area contributed by atoms with Crippen molar-refractivity contribution in [3.05, 3.63) is 0 Å². The molecule has 202 valence electrons. The van der Waals surface area contributed by atoms with E-state index in [9.17, 15) is 46.5 Å². The van der Waals surface area contributed by atoms with E-state index in [2.05, 4.69) is 18.3 Å². The van der Waals surface area contributed by atoms with Gasteiger partial charge in [-0.1, -0.05) is 6.92 Å². The van der Waals surface area contributed by atoms with E-state index in [1.807, 2.05) is 0 Å². The van der Waals surface area contributed by atoms with Gasteiger partial charge in [0.1, 0.15) is 43.2 Å². The van der Waals surface area contributed by atoms with Gasteiger partial charge in [-0.15, -0.1) is 0 Å². The Morgan fingerprint density at radius 2 is 1.44 bits per heavy atom. The summed E-state index contributed by atoms with van der Waals surface area (Å²) < 4.78 is 95.7. The molecule has 0 aromatic carbocycles. The zero-order valence-electron chi connectivity index (χ0n) is 17.5. The second-order valence-electron chi connectivity index (χ2n) is 7.24. The lowest BCUT2D eigenvalue weighted by atomic mass is 9.90. The molecule has 2 aliphatic heterocycles. The molecule has 0 aliphatic carbocycles. The van der Waals surface area contributed by atoms with Crippen molar-refractivity contribution < 1.29 is 83.8 Å². The minimum absolute atomic E-state index is 0.746. The largest absolute Gasteiger partial charge is 0.726 e. The first-order valence-corrected chi connectivity index (χ1v) is 12.0. The molecule has 0 saturated carbocycles. The van der Waals surface area contributed by atoms with Gasteiger partial charge in [0.15, 0.2) is 18.7 Å². The van der Waals surface area contributed by atoms with Crippen LogP contribution in [0.15, 0.2) is 0 Å². The van der Waals surface area contributed by atoms with Crippen LogP contribution in [-0.2, 0) is 58.0 Å². The summed E-state index contributed by atoms with van der Waals surface area (Å²) in [6, 6.07) is 0. The molecule has 4 unspecified atom stereocenters. The van der Waals surface area contributed by atoms with Crippen molar-refractivity contribution in [1.82, 2.24) is 0 Å². The first kappa shape index (κ1) is 29.6. The molecule has 2 fully saturated rings. The normalized spacial score (nSPS) is 39.8. The number of hydrogen-bond acceptors (Lipinski definition) is 18. The Morgan fingerprint density at radius 3 is 1.94 bits per heavy atom. The minimum Gasteiger partial charge on any atom is -0.726 e. The van der Waals surface area contributed by atoms with E-state index >= 15 is 0 Å². The smallest absolute Gasteiger partial charge is 0.218 e. The molecule has 0 radical (unpaired) electrons. The van der Waals surface area contributed by atoms with E-state index in [0.29, 0.717) is 0 Å². The second kappa shape index (κ2) is 12.1. The Kier molecular flexibility index (Phi) is 10.5. The molecule has 2 rings (SSSR count). The summed E-state index contributed by atoms with van der Waals surface area (Å²) in [5.74, 6) is -1.21. The number of ether oxygens (including phenoxy) is 4. The monoisotopic (exact) mass is 543 g/mol. The van der Waals surface area contributed by atoms with E-state index < -0.39 is 95.2 Å². The summed E-state index contributed by atoms with van der Waals surface area (Å²) in [7, 11) is -9.64. The van der Waals surface area contributed by atoms with Crippen molar-refractivity contribution in [1.29, 1.82) is 0 Å². The maximum atomic E-state index is 11.1.